The zero-order valence-electron chi connectivity index (χ0n) is 3.11. The van der Waals surface area contributed by atoms with E-state index in [1.165, 1.54) is 0 Å². The molecular weight excluding hydrogens is 146 g/mol. The number of carboxylic acid groups (broad SMARTS) is 1. The zero-order valence-corrected chi connectivity index (χ0v) is 4.00. The number of carbonyl (C=O) groups is 1. The maximum absolute atomic E-state index is 9.43. The summed E-state index contributed by atoms with van der Waals surface area (Å²) in [7, 11) is -4.82. The molecule has 0 bridgehead atoms. The van der Waals surface area contributed by atoms with Gasteiger partial charge in [-0.25, -0.2) is 9.36 Å². The molecule has 0 saturated carbocycles. The van der Waals surface area contributed by atoms with Gasteiger partial charge in [-0.3, -0.25) is 0 Å². The van der Waals surface area contributed by atoms with Crippen LogP contribution in [-0.2, 0) is 4.57 Å². The summed E-state index contributed by atoms with van der Waals surface area (Å²) in [6, 6.07) is 0. The fourth-order valence-corrected chi connectivity index (χ4v) is 0. The molecule has 3 N–H and O–H groups in total. The van der Waals surface area contributed by atoms with Crippen molar-refractivity contribution in [1.82, 2.24) is 0 Å². The molecule has 8 heavy (non-hydrogen) atoms. The van der Waals surface area contributed by atoms with Crippen molar-refractivity contribution in [3.05, 3.63) is 0 Å². The third-order valence-corrected chi connectivity index (χ3v) is 0.748. The standard InChI is InChI=1S/CH3O5P.Na.H/c2-1(3)7(4,5)6;;/h(H,2,3)(H2,4,5,6);;. The summed E-state index contributed by atoms with van der Waals surface area (Å²) in [5, 5.41) is 7.49. The number of rotatable bonds is 1. The Kier molecular flexibility index (Phi) is 5.15. The Labute approximate surface area is 67.2 Å². The van der Waals surface area contributed by atoms with E-state index >= 15 is 0 Å². The molecule has 0 rings (SSSR count). The molecule has 0 fully saturated rings. The molecule has 7 heteroatoms. The molecular formula is CH4NaO5P. The summed E-state index contributed by atoms with van der Waals surface area (Å²) in [5.41, 5.74) is -2.09. The first-order chi connectivity index (χ1) is 2.94. The Morgan fingerprint density at radius 3 is 1.50 bits per heavy atom. The van der Waals surface area contributed by atoms with Gasteiger partial charge in [0, 0.05) is 0 Å². The van der Waals surface area contributed by atoms with Crippen molar-refractivity contribution in [3.63, 3.8) is 0 Å². The van der Waals surface area contributed by atoms with Crippen LogP contribution in [0.2, 0.25) is 0 Å². The first-order valence-electron chi connectivity index (χ1n) is 1.23. The van der Waals surface area contributed by atoms with Crippen LogP contribution in [0.3, 0.4) is 0 Å². The Morgan fingerprint density at radius 1 is 1.38 bits per heavy atom. The molecule has 0 unspecified atom stereocenters. The summed E-state index contributed by atoms with van der Waals surface area (Å²) >= 11 is 0. The summed E-state index contributed by atoms with van der Waals surface area (Å²) in [6.07, 6.45) is 0. The van der Waals surface area contributed by atoms with Gasteiger partial charge in [0.25, 0.3) is 0 Å². The zero-order chi connectivity index (χ0) is 6.08. The average molecular weight is 150 g/mol. The Balaban J connectivity index is 0. The predicted octanol–water partition coefficient (Wildman–Crippen LogP) is -0.806. The van der Waals surface area contributed by atoms with E-state index in [0.29, 0.717) is 0 Å². The molecule has 0 aromatic rings. The summed E-state index contributed by atoms with van der Waals surface area (Å²) in [6.45, 7) is 0. The molecule has 0 aliphatic heterocycles. The fraction of sp³-hybridized carbons (Fsp3) is 0. The summed E-state index contributed by atoms with van der Waals surface area (Å²) in [4.78, 5) is 24.5. The van der Waals surface area contributed by atoms with E-state index in [4.69, 9.17) is 14.9 Å². The van der Waals surface area contributed by atoms with Crippen LogP contribution in [-0.4, -0.2) is 50.2 Å². The minimum atomic E-state index is -4.82. The molecule has 0 aromatic carbocycles. The van der Waals surface area contributed by atoms with Crippen LogP contribution in [0.15, 0.2) is 0 Å². The summed E-state index contributed by atoms with van der Waals surface area (Å²) in [5.74, 6) is 0. The van der Waals surface area contributed by atoms with E-state index in [1.54, 1.807) is 0 Å². The topological polar surface area (TPSA) is 94.8 Å². The molecule has 0 spiro atoms. The first kappa shape index (κ1) is 11.4. The molecule has 5 nitrogen and oxygen atoms in total. The van der Waals surface area contributed by atoms with Crippen LogP contribution in [0.25, 0.3) is 0 Å². The van der Waals surface area contributed by atoms with Gasteiger partial charge in [0.2, 0.25) is 0 Å². The van der Waals surface area contributed by atoms with Crippen molar-refractivity contribution in [3.8, 4) is 0 Å². The quantitative estimate of drug-likeness (QED) is 0.335. The second-order valence-electron chi connectivity index (χ2n) is 0.827. The fourth-order valence-electron chi connectivity index (χ4n) is 0. The van der Waals surface area contributed by atoms with E-state index in [-0.39, 0.29) is 29.6 Å². The second kappa shape index (κ2) is 3.61. The number of hydrogen-bond acceptors (Lipinski definition) is 2. The molecule has 0 amide bonds. The van der Waals surface area contributed by atoms with Crippen molar-refractivity contribution in [1.29, 1.82) is 0 Å². The van der Waals surface area contributed by atoms with Crippen molar-refractivity contribution >= 4 is 42.9 Å². The third-order valence-electron chi connectivity index (χ3n) is 0.249. The second-order valence-corrected chi connectivity index (χ2v) is 2.30. The SMILES string of the molecule is O=C(O)P(=O)(O)O.[NaH]. The van der Waals surface area contributed by atoms with Gasteiger partial charge in [0.05, 0.1) is 0 Å². The molecule has 0 aliphatic rings. The van der Waals surface area contributed by atoms with E-state index in [0.717, 1.165) is 0 Å². The van der Waals surface area contributed by atoms with Crippen molar-refractivity contribution in [2.75, 3.05) is 0 Å². The average Bonchev–Trinajstić information content (AvgIpc) is 1.31. The molecule has 0 aliphatic carbocycles. The Morgan fingerprint density at radius 2 is 1.50 bits per heavy atom. The van der Waals surface area contributed by atoms with Gasteiger partial charge in [0.15, 0.2) is 0 Å². The van der Waals surface area contributed by atoms with Crippen LogP contribution in [0.1, 0.15) is 0 Å². The van der Waals surface area contributed by atoms with Crippen molar-refractivity contribution < 1.29 is 24.3 Å². The van der Waals surface area contributed by atoms with E-state index in [1.807, 2.05) is 0 Å². The third kappa shape index (κ3) is 4.77. The predicted molar refractivity (Wildman–Crippen MR) is 27.2 cm³/mol. The van der Waals surface area contributed by atoms with Crippen molar-refractivity contribution in [2.24, 2.45) is 0 Å². The Hall–Kier alpha value is 0.620. The van der Waals surface area contributed by atoms with Gasteiger partial charge >= 0.3 is 42.9 Å². The molecule has 0 atom stereocenters. The first-order valence-corrected chi connectivity index (χ1v) is 2.85. The monoisotopic (exact) mass is 150 g/mol. The minimum absolute atomic E-state index is 0. The molecule has 44 valence electrons. The van der Waals surface area contributed by atoms with Gasteiger partial charge in [-0.15, -0.1) is 0 Å². The molecule has 0 heterocycles. The van der Waals surface area contributed by atoms with Crippen LogP contribution in [0.5, 0.6) is 0 Å². The van der Waals surface area contributed by atoms with E-state index in [2.05, 4.69) is 0 Å². The van der Waals surface area contributed by atoms with Crippen LogP contribution in [0.4, 0.5) is 4.79 Å². The van der Waals surface area contributed by atoms with Gasteiger partial charge in [-0.05, 0) is 0 Å². The molecule has 0 aromatic heterocycles. The van der Waals surface area contributed by atoms with Gasteiger partial charge < -0.3 is 14.9 Å². The number of hydrogen-bond donors (Lipinski definition) is 3. The van der Waals surface area contributed by atoms with Gasteiger partial charge in [0.1, 0.15) is 0 Å². The van der Waals surface area contributed by atoms with Crippen molar-refractivity contribution in [2.45, 2.75) is 0 Å². The Bertz CT molecular complexity index is 124. The maximum atomic E-state index is 9.43. The van der Waals surface area contributed by atoms with E-state index < -0.39 is 13.3 Å². The molecule has 0 saturated heterocycles. The van der Waals surface area contributed by atoms with Gasteiger partial charge in [-0.1, -0.05) is 0 Å². The van der Waals surface area contributed by atoms with Crippen LogP contribution >= 0.6 is 7.60 Å². The van der Waals surface area contributed by atoms with Crippen LogP contribution < -0.4 is 0 Å². The summed E-state index contributed by atoms with van der Waals surface area (Å²) < 4.78 is 9.43. The normalized spacial score (nSPS) is 9.75. The van der Waals surface area contributed by atoms with E-state index in [9.17, 15) is 9.36 Å². The van der Waals surface area contributed by atoms with Gasteiger partial charge in [-0.2, -0.15) is 0 Å². The van der Waals surface area contributed by atoms with Crippen LogP contribution in [0, 0.1) is 0 Å². The molecule has 0 radical (unpaired) electrons.